The molecule has 5 rings (SSSR count). The van der Waals surface area contributed by atoms with Crippen molar-refractivity contribution in [2.45, 2.75) is 76.4 Å². The predicted molar refractivity (Wildman–Crippen MR) is 174 cm³/mol. The molecule has 2 aromatic heterocycles. The number of benzene rings is 1. The zero-order valence-electron chi connectivity index (χ0n) is 25.2. The van der Waals surface area contributed by atoms with E-state index < -0.39 is 6.10 Å². The van der Waals surface area contributed by atoms with Crippen LogP contribution in [0, 0.1) is 6.92 Å². The largest absolute Gasteiger partial charge is 0.506 e. The highest BCUT2D eigenvalue weighted by molar-refractivity contribution is 7.16. The Morgan fingerprint density at radius 2 is 1.86 bits per heavy atom. The number of aliphatic hydroxyl groups is 1. The topological polar surface area (TPSA) is 118 Å². The quantitative estimate of drug-likeness (QED) is 0.185. The Kier molecular flexibility index (Phi) is 11.3. The first-order valence-electron chi connectivity index (χ1n) is 15.8. The second-order valence-corrected chi connectivity index (χ2v) is 14.2. The van der Waals surface area contributed by atoms with Gasteiger partial charge in [-0.05, 0) is 57.8 Å². The minimum absolute atomic E-state index is 0.0263. The van der Waals surface area contributed by atoms with Crippen molar-refractivity contribution in [2.75, 3.05) is 52.4 Å². The molecule has 2 aliphatic heterocycles. The number of ether oxygens (including phenoxy) is 1. The van der Waals surface area contributed by atoms with Gasteiger partial charge in [-0.25, -0.2) is 0 Å². The highest BCUT2D eigenvalue weighted by Crippen LogP contribution is 2.32. The summed E-state index contributed by atoms with van der Waals surface area (Å²) < 4.78 is 6.90. The Hall–Kier alpha value is -2.28. The summed E-state index contributed by atoms with van der Waals surface area (Å²) in [4.78, 5) is 32.8. The Bertz CT molecular complexity index is 1390. The maximum Gasteiger partial charge on any atom is 0.305 e. The molecule has 0 bridgehead atoms. The number of hydrogen-bond acceptors (Lipinski definition) is 9. The third-order valence-corrected chi connectivity index (χ3v) is 10.7. The van der Waals surface area contributed by atoms with Crippen LogP contribution in [0.5, 0.6) is 5.75 Å². The minimum atomic E-state index is -0.727. The van der Waals surface area contributed by atoms with E-state index in [0.717, 1.165) is 62.3 Å². The van der Waals surface area contributed by atoms with E-state index in [9.17, 15) is 19.8 Å². The summed E-state index contributed by atoms with van der Waals surface area (Å²) in [6.45, 7) is 8.58. The molecular weight excluding hydrogens is 585 g/mol. The fourth-order valence-electron chi connectivity index (χ4n) is 6.36. The molecule has 1 aromatic carbocycles. The lowest BCUT2D eigenvalue weighted by Crippen LogP contribution is -2.58. The molecule has 11 heteroatoms. The minimum Gasteiger partial charge on any atom is -0.506 e. The average Bonchev–Trinajstić information content (AvgIpc) is 3.62. The summed E-state index contributed by atoms with van der Waals surface area (Å²) in [6, 6.07) is 5.20. The number of nitrogens with zero attached hydrogens (tertiary/aromatic N) is 2. The number of H-pyrrole nitrogens is 1. The third kappa shape index (κ3) is 8.46. The van der Waals surface area contributed by atoms with Crippen LogP contribution in [0.3, 0.4) is 0 Å². The Morgan fingerprint density at radius 3 is 2.60 bits per heavy atom. The number of aromatic hydroxyl groups is 1. The zero-order chi connectivity index (χ0) is 30.2. The number of aliphatic hydroxyl groups excluding tert-OH is 1. The number of unbranched alkanes of at least 4 members (excludes halogenated alkanes) is 6. The Morgan fingerprint density at radius 1 is 1.12 bits per heavy atom. The maximum atomic E-state index is 13.0. The first-order chi connectivity index (χ1) is 20.8. The van der Waals surface area contributed by atoms with E-state index in [-0.39, 0.29) is 22.1 Å². The molecule has 236 valence electrons. The van der Waals surface area contributed by atoms with E-state index in [1.54, 1.807) is 17.4 Å². The van der Waals surface area contributed by atoms with Crippen molar-refractivity contribution in [3.63, 3.8) is 0 Å². The number of morpholine rings is 1. The number of likely N-dealkylation sites (tertiary alicyclic amines) is 1. The van der Waals surface area contributed by atoms with Gasteiger partial charge in [0.1, 0.15) is 11.3 Å². The number of aryl methyl sites for hydroxylation is 1. The van der Waals surface area contributed by atoms with Gasteiger partial charge in [0.05, 0.1) is 35.1 Å². The lowest BCUT2D eigenvalue weighted by Gasteiger charge is -2.47. The number of carbonyl (C=O) groups is 1. The zero-order valence-corrected chi connectivity index (χ0v) is 26.9. The lowest BCUT2D eigenvalue weighted by atomic mass is 9.89. The van der Waals surface area contributed by atoms with Gasteiger partial charge in [0, 0.05) is 42.0 Å². The number of piperidine rings is 1. The van der Waals surface area contributed by atoms with Crippen molar-refractivity contribution in [3.05, 3.63) is 49.3 Å². The highest BCUT2D eigenvalue weighted by atomic mass is 32.1. The van der Waals surface area contributed by atoms with Gasteiger partial charge in [-0.1, -0.05) is 49.5 Å². The second kappa shape index (κ2) is 15.1. The van der Waals surface area contributed by atoms with E-state index in [1.165, 1.54) is 49.5 Å². The fourth-order valence-corrected chi connectivity index (χ4v) is 7.96. The molecule has 9 nitrogen and oxygen atoms in total. The van der Waals surface area contributed by atoms with Gasteiger partial charge >= 0.3 is 4.87 Å². The van der Waals surface area contributed by atoms with Crippen molar-refractivity contribution in [1.82, 2.24) is 20.1 Å². The number of nitrogens with one attached hydrogen (secondary N) is 2. The van der Waals surface area contributed by atoms with Crippen LogP contribution < -0.4 is 10.2 Å². The summed E-state index contributed by atoms with van der Waals surface area (Å²) in [5.41, 5.74) is 1.70. The van der Waals surface area contributed by atoms with Crippen LogP contribution in [0.1, 0.15) is 84.7 Å². The number of fused-ring (bicyclic) bond motifs is 1. The van der Waals surface area contributed by atoms with Crippen LogP contribution in [0.4, 0.5) is 0 Å². The maximum absolute atomic E-state index is 13.0. The summed E-state index contributed by atoms with van der Waals surface area (Å²) in [5, 5.41) is 25.8. The van der Waals surface area contributed by atoms with Crippen LogP contribution in [0.2, 0.25) is 0 Å². The molecule has 0 unspecified atom stereocenters. The molecule has 2 aliphatic rings. The Labute approximate surface area is 261 Å². The molecule has 2 fully saturated rings. The molecule has 1 spiro atoms. The van der Waals surface area contributed by atoms with Gasteiger partial charge in [0.2, 0.25) is 0 Å². The van der Waals surface area contributed by atoms with E-state index in [2.05, 4.69) is 15.2 Å². The van der Waals surface area contributed by atoms with Crippen molar-refractivity contribution in [3.8, 4) is 5.75 Å². The van der Waals surface area contributed by atoms with E-state index >= 15 is 0 Å². The van der Waals surface area contributed by atoms with Gasteiger partial charge in [0.25, 0.3) is 5.91 Å². The number of aromatic nitrogens is 1. The number of thiophene rings is 1. The second-order valence-electron chi connectivity index (χ2n) is 12.1. The molecule has 0 saturated carbocycles. The first-order valence-corrected chi connectivity index (χ1v) is 17.5. The number of phenolic OH excluding ortho intramolecular Hbond substituents is 1. The molecule has 0 radical (unpaired) electrons. The van der Waals surface area contributed by atoms with E-state index in [0.29, 0.717) is 42.0 Å². The van der Waals surface area contributed by atoms with Crippen molar-refractivity contribution < 1.29 is 19.7 Å². The SMILES string of the molecule is Cc1cc(C(=O)N2CCOC3(CCN(CCCCCCCCCNC[C@H](O)c4ccc(O)c5[nH]c(=O)sc45)CC3)C2)cs1. The van der Waals surface area contributed by atoms with Crippen LogP contribution in [-0.4, -0.2) is 88.9 Å². The standard InChI is InChI=1S/C32H46N4O5S2/c1-23-19-24(21-42-23)30(39)36-17-18-41-32(22-36)11-15-35(16-12-32)14-8-6-4-2-3-5-7-13-33-20-27(38)25-9-10-26(37)28-29(25)43-31(40)34-28/h9-10,19,21,27,33,37-38H,2-8,11-18,20,22H2,1H3,(H,34,40)/t27-/m0/s1. The van der Waals surface area contributed by atoms with Gasteiger partial charge in [-0.2, -0.15) is 0 Å². The number of phenols is 1. The molecular formula is C32H46N4O5S2. The number of rotatable bonds is 14. The summed E-state index contributed by atoms with van der Waals surface area (Å²) in [6.07, 6.45) is 9.75. The predicted octanol–water partition coefficient (Wildman–Crippen LogP) is 5.03. The third-order valence-electron chi connectivity index (χ3n) is 8.89. The molecule has 2 saturated heterocycles. The van der Waals surface area contributed by atoms with Crippen LogP contribution in [0.15, 0.2) is 28.4 Å². The molecule has 0 aliphatic carbocycles. The number of carbonyl (C=O) groups excluding carboxylic acids is 1. The molecule has 4 heterocycles. The van der Waals surface area contributed by atoms with Crippen molar-refractivity contribution >= 4 is 38.8 Å². The summed E-state index contributed by atoms with van der Waals surface area (Å²) >= 11 is 2.65. The fraction of sp³-hybridized carbons (Fsp3) is 0.625. The molecule has 4 N–H and O–H groups in total. The van der Waals surface area contributed by atoms with Gasteiger partial charge < -0.3 is 35.1 Å². The number of amides is 1. The molecule has 1 atom stereocenters. The van der Waals surface area contributed by atoms with E-state index in [1.807, 2.05) is 23.3 Å². The van der Waals surface area contributed by atoms with Crippen molar-refractivity contribution in [1.29, 1.82) is 0 Å². The summed E-state index contributed by atoms with van der Waals surface area (Å²) in [5.74, 6) is 0.174. The number of hydrogen-bond donors (Lipinski definition) is 4. The number of thiazole rings is 1. The van der Waals surface area contributed by atoms with Crippen LogP contribution in [0.25, 0.3) is 10.2 Å². The smallest absolute Gasteiger partial charge is 0.305 e. The van der Waals surface area contributed by atoms with E-state index in [4.69, 9.17) is 4.74 Å². The van der Waals surface area contributed by atoms with Gasteiger partial charge in [-0.15, -0.1) is 11.3 Å². The summed E-state index contributed by atoms with van der Waals surface area (Å²) in [7, 11) is 0. The van der Waals surface area contributed by atoms with Crippen LogP contribution >= 0.6 is 22.7 Å². The van der Waals surface area contributed by atoms with Gasteiger partial charge in [-0.3, -0.25) is 9.59 Å². The van der Waals surface area contributed by atoms with Crippen LogP contribution in [-0.2, 0) is 4.74 Å². The monoisotopic (exact) mass is 630 g/mol. The molecule has 43 heavy (non-hydrogen) atoms. The van der Waals surface area contributed by atoms with Gasteiger partial charge in [0.15, 0.2) is 0 Å². The Balaban J connectivity index is 0.883. The first kappa shape index (κ1) is 32.1. The normalized spacial score (nSPS) is 18.0. The molecule has 1 amide bonds. The molecule has 3 aromatic rings. The highest BCUT2D eigenvalue weighted by Gasteiger charge is 2.41. The lowest BCUT2D eigenvalue weighted by molar-refractivity contribution is -0.127. The average molecular weight is 631 g/mol. The number of aromatic amines is 1. The van der Waals surface area contributed by atoms with Crippen molar-refractivity contribution in [2.24, 2.45) is 0 Å².